The predicted molar refractivity (Wildman–Crippen MR) is 114 cm³/mol. The molecule has 28 heavy (non-hydrogen) atoms. The van der Waals surface area contributed by atoms with Crippen LogP contribution in [-0.4, -0.2) is 30.0 Å². The molecule has 1 amide bonds. The lowest BCUT2D eigenvalue weighted by atomic mass is 10.0. The Hall–Kier alpha value is -2.63. The lowest BCUT2D eigenvalue weighted by Crippen LogP contribution is -2.37. The number of nitrogens with one attached hydrogen (secondary N) is 2. The Labute approximate surface area is 165 Å². The normalized spacial score (nSPS) is 14.9. The summed E-state index contributed by atoms with van der Waals surface area (Å²) in [5.41, 5.74) is 16.8. The van der Waals surface area contributed by atoms with Crippen molar-refractivity contribution in [3.63, 3.8) is 0 Å². The zero-order chi connectivity index (χ0) is 19.5. The standard InChI is InChI=1S/C23H28N4O/c24-11-1-2-20(25)14-26-23(28)22-13-19-10-9-18(12-21(19)27-22)17-7-5-16(6-8-17)15-3-4-15/h5-10,12-13,15,20,27H,1-4,11,14,24-25H2,(H,26,28)/t20-/m1/s1. The summed E-state index contributed by atoms with van der Waals surface area (Å²) < 4.78 is 0. The molecule has 1 heterocycles. The van der Waals surface area contributed by atoms with Gasteiger partial charge in [-0.2, -0.15) is 0 Å². The molecule has 1 aromatic heterocycles. The van der Waals surface area contributed by atoms with Crippen LogP contribution in [0, 0.1) is 0 Å². The summed E-state index contributed by atoms with van der Waals surface area (Å²) in [5, 5.41) is 3.93. The topological polar surface area (TPSA) is 96.9 Å². The third-order valence-electron chi connectivity index (χ3n) is 5.46. The van der Waals surface area contributed by atoms with Gasteiger partial charge in [0.15, 0.2) is 0 Å². The number of amides is 1. The molecule has 1 fully saturated rings. The number of fused-ring (bicyclic) bond motifs is 1. The molecular formula is C23H28N4O. The molecule has 1 aliphatic rings. The number of hydrogen-bond acceptors (Lipinski definition) is 3. The minimum atomic E-state index is -0.130. The Morgan fingerprint density at radius 1 is 1.11 bits per heavy atom. The van der Waals surface area contributed by atoms with E-state index in [9.17, 15) is 4.79 Å². The highest BCUT2D eigenvalue weighted by Gasteiger charge is 2.23. The number of H-pyrrole nitrogens is 1. The molecule has 0 radical (unpaired) electrons. The van der Waals surface area contributed by atoms with E-state index in [0.717, 1.165) is 35.2 Å². The largest absolute Gasteiger partial charge is 0.351 e. The molecule has 1 aliphatic carbocycles. The van der Waals surface area contributed by atoms with Crippen LogP contribution >= 0.6 is 0 Å². The van der Waals surface area contributed by atoms with Crippen LogP contribution in [0.5, 0.6) is 0 Å². The number of hydrogen-bond donors (Lipinski definition) is 4. The molecular weight excluding hydrogens is 348 g/mol. The fourth-order valence-corrected chi connectivity index (χ4v) is 3.59. The average molecular weight is 377 g/mol. The number of rotatable bonds is 8. The van der Waals surface area contributed by atoms with Gasteiger partial charge in [0.2, 0.25) is 0 Å². The van der Waals surface area contributed by atoms with Gasteiger partial charge in [-0.25, -0.2) is 0 Å². The van der Waals surface area contributed by atoms with Gasteiger partial charge in [-0.15, -0.1) is 0 Å². The van der Waals surface area contributed by atoms with E-state index in [-0.39, 0.29) is 11.9 Å². The van der Waals surface area contributed by atoms with Crippen molar-refractivity contribution in [1.82, 2.24) is 10.3 Å². The van der Waals surface area contributed by atoms with Crippen molar-refractivity contribution in [3.05, 3.63) is 59.8 Å². The van der Waals surface area contributed by atoms with Crippen molar-refractivity contribution >= 4 is 16.8 Å². The third kappa shape index (κ3) is 4.26. The first kappa shape index (κ1) is 18.7. The van der Waals surface area contributed by atoms with Gasteiger partial charge < -0.3 is 21.8 Å². The molecule has 1 atom stereocenters. The average Bonchev–Trinajstić information content (AvgIpc) is 3.48. The SMILES string of the molecule is NCCC[C@@H](N)CNC(=O)c1cc2ccc(-c3ccc(C4CC4)cc3)cc2[nH]1. The molecule has 5 nitrogen and oxygen atoms in total. The maximum Gasteiger partial charge on any atom is 0.267 e. The van der Waals surface area contributed by atoms with Gasteiger partial charge in [0, 0.05) is 23.5 Å². The quantitative estimate of drug-likeness (QED) is 0.484. The molecule has 2 aromatic carbocycles. The summed E-state index contributed by atoms with van der Waals surface area (Å²) in [4.78, 5) is 15.7. The van der Waals surface area contributed by atoms with Gasteiger partial charge in [-0.3, -0.25) is 4.79 Å². The molecule has 0 aliphatic heterocycles. The van der Waals surface area contributed by atoms with Crippen molar-refractivity contribution < 1.29 is 4.79 Å². The van der Waals surface area contributed by atoms with Crippen LogP contribution in [0.2, 0.25) is 0 Å². The molecule has 0 spiro atoms. The van der Waals surface area contributed by atoms with Crippen LogP contribution in [0.25, 0.3) is 22.0 Å². The second-order valence-electron chi connectivity index (χ2n) is 7.78. The molecule has 146 valence electrons. The molecule has 0 bridgehead atoms. The fraction of sp³-hybridized carbons (Fsp3) is 0.348. The number of aromatic amines is 1. The highest BCUT2D eigenvalue weighted by molar-refractivity contribution is 5.98. The van der Waals surface area contributed by atoms with Gasteiger partial charge >= 0.3 is 0 Å². The first-order valence-corrected chi connectivity index (χ1v) is 10.1. The Balaban J connectivity index is 1.46. The van der Waals surface area contributed by atoms with E-state index in [2.05, 4.69) is 52.8 Å². The Morgan fingerprint density at radius 2 is 1.86 bits per heavy atom. The van der Waals surface area contributed by atoms with E-state index in [4.69, 9.17) is 11.5 Å². The van der Waals surface area contributed by atoms with Crippen molar-refractivity contribution in [2.75, 3.05) is 13.1 Å². The van der Waals surface area contributed by atoms with Crippen LogP contribution in [0.4, 0.5) is 0 Å². The second-order valence-corrected chi connectivity index (χ2v) is 7.78. The van der Waals surface area contributed by atoms with Crippen molar-refractivity contribution in [2.45, 2.75) is 37.6 Å². The fourth-order valence-electron chi connectivity index (χ4n) is 3.59. The van der Waals surface area contributed by atoms with Crippen LogP contribution in [0.1, 0.15) is 47.7 Å². The molecule has 6 N–H and O–H groups in total. The van der Waals surface area contributed by atoms with Gasteiger partial charge in [0.1, 0.15) is 5.69 Å². The number of carbonyl (C=O) groups is 1. The molecule has 0 unspecified atom stereocenters. The summed E-state index contributed by atoms with van der Waals surface area (Å²) in [6.07, 6.45) is 4.31. The van der Waals surface area contributed by atoms with Gasteiger partial charge in [-0.05, 0) is 67.0 Å². The van der Waals surface area contributed by atoms with E-state index >= 15 is 0 Å². The van der Waals surface area contributed by atoms with Crippen molar-refractivity contribution in [1.29, 1.82) is 0 Å². The molecule has 5 heteroatoms. The number of carbonyl (C=O) groups excluding carboxylic acids is 1. The Bertz CT molecular complexity index is 956. The molecule has 4 rings (SSSR count). The third-order valence-corrected chi connectivity index (χ3v) is 5.46. The smallest absolute Gasteiger partial charge is 0.267 e. The van der Waals surface area contributed by atoms with E-state index < -0.39 is 0 Å². The monoisotopic (exact) mass is 376 g/mol. The van der Waals surface area contributed by atoms with Crippen LogP contribution in [0.3, 0.4) is 0 Å². The first-order chi connectivity index (χ1) is 13.6. The zero-order valence-corrected chi connectivity index (χ0v) is 16.1. The molecule has 3 aromatic rings. The zero-order valence-electron chi connectivity index (χ0n) is 16.1. The van der Waals surface area contributed by atoms with Gasteiger partial charge in [0.05, 0.1) is 0 Å². The summed E-state index contributed by atoms with van der Waals surface area (Å²) in [6.45, 7) is 1.07. The highest BCUT2D eigenvalue weighted by atomic mass is 16.1. The van der Waals surface area contributed by atoms with E-state index in [1.165, 1.54) is 24.0 Å². The predicted octanol–water partition coefficient (Wildman–Crippen LogP) is 3.51. The summed E-state index contributed by atoms with van der Waals surface area (Å²) >= 11 is 0. The number of benzene rings is 2. The van der Waals surface area contributed by atoms with Crippen molar-refractivity contribution in [3.8, 4) is 11.1 Å². The number of nitrogens with two attached hydrogens (primary N) is 2. The summed E-state index contributed by atoms with van der Waals surface area (Å²) in [7, 11) is 0. The van der Waals surface area contributed by atoms with E-state index in [0.29, 0.717) is 18.8 Å². The maximum absolute atomic E-state index is 12.4. The maximum atomic E-state index is 12.4. The lowest BCUT2D eigenvalue weighted by Gasteiger charge is -2.11. The first-order valence-electron chi connectivity index (χ1n) is 10.1. The summed E-state index contributed by atoms with van der Waals surface area (Å²) in [6, 6.07) is 16.9. The molecule has 0 saturated heterocycles. The second kappa shape index (κ2) is 8.17. The Kier molecular flexibility index (Phi) is 5.46. The Morgan fingerprint density at radius 3 is 2.57 bits per heavy atom. The highest BCUT2D eigenvalue weighted by Crippen LogP contribution is 2.40. The summed E-state index contributed by atoms with van der Waals surface area (Å²) in [5.74, 6) is 0.638. The van der Waals surface area contributed by atoms with Crippen LogP contribution < -0.4 is 16.8 Å². The van der Waals surface area contributed by atoms with Crippen molar-refractivity contribution in [2.24, 2.45) is 11.5 Å². The van der Waals surface area contributed by atoms with Crippen LogP contribution in [0.15, 0.2) is 48.5 Å². The van der Waals surface area contributed by atoms with Gasteiger partial charge in [0.25, 0.3) is 5.91 Å². The minimum Gasteiger partial charge on any atom is -0.351 e. The lowest BCUT2D eigenvalue weighted by molar-refractivity contribution is 0.0946. The van der Waals surface area contributed by atoms with Crippen LogP contribution in [-0.2, 0) is 0 Å². The van der Waals surface area contributed by atoms with Gasteiger partial charge in [-0.1, -0.05) is 36.4 Å². The minimum absolute atomic E-state index is 0.0675. The molecule has 1 saturated carbocycles. The number of aromatic nitrogens is 1. The van der Waals surface area contributed by atoms with E-state index in [1.54, 1.807) is 0 Å². The van der Waals surface area contributed by atoms with E-state index in [1.807, 2.05) is 6.07 Å².